The normalized spacial score (nSPS) is 19.2. The zero-order chi connectivity index (χ0) is 25.2. The van der Waals surface area contributed by atoms with Gasteiger partial charge in [-0.15, -0.1) is 0 Å². The summed E-state index contributed by atoms with van der Waals surface area (Å²) < 4.78 is 29.9. The highest BCUT2D eigenvalue weighted by molar-refractivity contribution is 6.00. The van der Waals surface area contributed by atoms with Crippen LogP contribution in [0.2, 0.25) is 0 Å². The lowest BCUT2D eigenvalue weighted by Crippen LogP contribution is -2.42. The second kappa shape index (κ2) is 9.96. The second-order valence-corrected chi connectivity index (χ2v) is 9.46. The van der Waals surface area contributed by atoms with Crippen molar-refractivity contribution in [3.8, 4) is 17.5 Å². The Hall–Kier alpha value is -3.58. The molecule has 1 aliphatic rings. The second-order valence-electron chi connectivity index (χ2n) is 9.46. The van der Waals surface area contributed by atoms with Gasteiger partial charge in [0.15, 0.2) is 0 Å². The number of carbonyl (C=O) groups is 1. The van der Waals surface area contributed by atoms with Gasteiger partial charge in [0.25, 0.3) is 5.91 Å². The first kappa shape index (κ1) is 24.5. The molecule has 3 aromatic heterocycles. The Morgan fingerprint density at radius 2 is 2.14 bits per heavy atom. The molecule has 10 heteroatoms. The monoisotopic (exact) mass is 482 g/mol. The number of nitrogens with one attached hydrogen (secondary N) is 2. The van der Waals surface area contributed by atoms with Gasteiger partial charge >= 0.3 is 0 Å². The van der Waals surface area contributed by atoms with E-state index in [2.05, 4.69) is 26.8 Å². The molecule has 3 N–H and O–H groups in total. The van der Waals surface area contributed by atoms with Crippen molar-refractivity contribution in [3.05, 3.63) is 47.8 Å². The number of carbonyl (C=O) groups excluding carboxylic acids is 1. The molecule has 0 radical (unpaired) electrons. The summed E-state index contributed by atoms with van der Waals surface area (Å²) in [5.74, 6) is -0.553. The molecule has 0 saturated heterocycles. The van der Waals surface area contributed by atoms with Crippen molar-refractivity contribution in [2.45, 2.75) is 63.5 Å². The van der Waals surface area contributed by atoms with Crippen LogP contribution < -0.4 is 10.6 Å². The third-order valence-electron chi connectivity index (χ3n) is 6.22. The molecule has 0 bridgehead atoms. The molecule has 1 fully saturated rings. The van der Waals surface area contributed by atoms with Crippen molar-refractivity contribution in [2.75, 3.05) is 11.9 Å². The number of fused-ring (bicyclic) bond motifs is 1. The van der Waals surface area contributed by atoms with E-state index in [9.17, 15) is 18.7 Å². The van der Waals surface area contributed by atoms with Crippen molar-refractivity contribution >= 4 is 17.1 Å². The minimum atomic E-state index is -1.66. The number of aliphatic hydroxyl groups is 1. The molecule has 1 amide bonds. The topological polar surface area (TPSA) is 115 Å². The molecule has 1 saturated carbocycles. The Morgan fingerprint density at radius 3 is 2.86 bits per heavy atom. The summed E-state index contributed by atoms with van der Waals surface area (Å²) in [6.45, 7) is 2.30. The summed E-state index contributed by atoms with van der Waals surface area (Å²) in [4.78, 5) is 17.4. The fraction of sp³-hybridized carbons (Fsp3) is 0.440. The van der Waals surface area contributed by atoms with Gasteiger partial charge in [0.1, 0.15) is 18.4 Å². The molecular weight excluding hydrogens is 454 g/mol. The predicted octanol–water partition coefficient (Wildman–Crippen LogP) is 3.80. The number of alkyl halides is 2. The summed E-state index contributed by atoms with van der Waals surface area (Å²) in [6, 6.07) is 8.92. The molecule has 4 rings (SSSR count). The van der Waals surface area contributed by atoms with Crippen LogP contribution in [0.4, 0.5) is 14.5 Å². The molecule has 184 valence electrons. The molecule has 2 unspecified atom stereocenters. The summed E-state index contributed by atoms with van der Waals surface area (Å²) >= 11 is 0. The van der Waals surface area contributed by atoms with E-state index in [1.54, 1.807) is 16.6 Å². The van der Waals surface area contributed by atoms with Crippen molar-refractivity contribution < 1.29 is 18.7 Å². The number of amides is 1. The summed E-state index contributed by atoms with van der Waals surface area (Å²) in [5.41, 5.74) is 1.37. The predicted molar refractivity (Wildman–Crippen MR) is 127 cm³/mol. The van der Waals surface area contributed by atoms with E-state index in [0.717, 1.165) is 12.8 Å². The fourth-order valence-electron chi connectivity index (χ4n) is 4.16. The maximum Gasteiger partial charge on any atom is 0.255 e. The van der Waals surface area contributed by atoms with Crippen molar-refractivity contribution in [1.82, 2.24) is 19.9 Å². The zero-order valence-electron chi connectivity index (χ0n) is 19.6. The molecule has 0 spiro atoms. The van der Waals surface area contributed by atoms with E-state index in [1.165, 1.54) is 26.2 Å². The number of pyridine rings is 1. The fourth-order valence-corrected chi connectivity index (χ4v) is 4.16. The highest BCUT2D eigenvalue weighted by Crippen LogP contribution is 2.29. The van der Waals surface area contributed by atoms with Crippen LogP contribution in [0.25, 0.3) is 16.9 Å². The molecule has 35 heavy (non-hydrogen) atoms. The summed E-state index contributed by atoms with van der Waals surface area (Å²) in [5, 5.41) is 29.0. The van der Waals surface area contributed by atoms with Crippen LogP contribution in [0.15, 0.2) is 36.7 Å². The van der Waals surface area contributed by atoms with E-state index in [-0.39, 0.29) is 18.2 Å². The minimum absolute atomic E-state index is 0.161. The molecule has 0 aliphatic heterocycles. The molecule has 3 aromatic rings. The molecular formula is C25H28F2N6O2. The highest BCUT2D eigenvalue weighted by Gasteiger charge is 2.28. The lowest BCUT2D eigenvalue weighted by atomic mass is 9.93. The average molecular weight is 483 g/mol. The third-order valence-corrected chi connectivity index (χ3v) is 6.22. The standard InChI is InChI=1S/C25H28F2N6O2/c1-25(2,35)23(27)14-30-24(34)19-13-29-21(10-20(19)32-17-5-3-4-16(26)9-17)22-7-6-18-8-15(11-28)12-31-33(18)22/h6-8,10,12-13,16-17,23,35H,3-5,9,14H2,1-2H3,(H,29,32)(H,30,34)/t16?,17?,23-/m1/s1. The maximum absolute atomic E-state index is 14.2. The van der Waals surface area contributed by atoms with Crippen LogP contribution in [-0.4, -0.2) is 56.1 Å². The van der Waals surface area contributed by atoms with Gasteiger partial charge in [-0.3, -0.25) is 9.78 Å². The first-order valence-corrected chi connectivity index (χ1v) is 11.6. The van der Waals surface area contributed by atoms with Crippen LogP contribution >= 0.6 is 0 Å². The summed E-state index contributed by atoms with van der Waals surface area (Å²) in [6.07, 6.45) is 2.63. The van der Waals surface area contributed by atoms with Crippen LogP contribution in [0, 0.1) is 11.3 Å². The van der Waals surface area contributed by atoms with Crippen molar-refractivity contribution in [2.24, 2.45) is 0 Å². The molecule has 1 aliphatic carbocycles. The van der Waals surface area contributed by atoms with Crippen LogP contribution in [0.5, 0.6) is 0 Å². The Morgan fingerprint density at radius 1 is 1.34 bits per heavy atom. The van der Waals surface area contributed by atoms with Gasteiger partial charge < -0.3 is 15.7 Å². The number of rotatable bonds is 7. The number of hydrogen-bond donors (Lipinski definition) is 3. The number of halogens is 2. The van der Waals surface area contributed by atoms with Gasteiger partial charge in [0.2, 0.25) is 0 Å². The molecule has 3 heterocycles. The maximum atomic E-state index is 14.2. The molecule has 3 atom stereocenters. The lowest BCUT2D eigenvalue weighted by Gasteiger charge is -2.27. The van der Waals surface area contributed by atoms with Gasteiger partial charge in [-0.1, -0.05) is 0 Å². The number of nitrogens with zero attached hydrogens (tertiary/aromatic N) is 4. The van der Waals surface area contributed by atoms with E-state index >= 15 is 0 Å². The smallest absolute Gasteiger partial charge is 0.255 e. The van der Waals surface area contributed by atoms with E-state index in [1.807, 2.05) is 12.1 Å². The average Bonchev–Trinajstić information content (AvgIpc) is 3.25. The number of hydrogen-bond acceptors (Lipinski definition) is 6. The largest absolute Gasteiger partial charge is 0.387 e. The Bertz CT molecular complexity index is 1260. The first-order chi connectivity index (χ1) is 16.7. The number of aromatic nitrogens is 3. The summed E-state index contributed by atoms with van der Waals surface area (Å²) in [7, 11) is 0. The van der Waals surface area contributed by atoms with E-state index in [0.29, 0.717) is 41.0 Å². The SMILES string of the molecule is CC(C)(O)[C@H](F)CNC(=O)c1cnc(-c2ccc3cc(C#N)cnn23)cc1NC1CCCC(F)C1. The van der Waals surface area contributed by atoms with Crippen LogP contribution in [0.3, 0.4) is 0 Å². The number of anilines is 1. The van der Waals surface area contributed by atoms with Gasteiger partial charge in [-0.2, -0.15) is 10.4 Å². The quantitative estimate of drug-likeness (QED) is 0.472. The number of nitriles is 1. The Kier molecular flexibility index (Phi) is 6.98. The van der Waals surface area contributed by atoms with Gasteiger partial charge in [-0.05, 0) is 63.8 Å². The Labute approximate surface area is 202 Å². The molecule has 0 aromatic carbocycles. The first-order valence-electron chi connectivity index (χ1n) is 11.6. The van der Waals surface area contributed by atoms with E-state index < -0.39 is 23.9 Å². The van der Waals surface area contributed by atoms with Crippen molar-refractivity contribution in [3.63, 3.8) is 0 Å². The van der Waals surface area contributed by atoms with Crippen LogP contribution in [0.1, 0.15) is 55.5 Å². The zero-order valence-corrected chi connectivity index (χ0v) is 19.6. The van der Waals surface area contributed by atoms with Gasteiger partial charge in [-0.25, -0.2) is 13.3 Å². The highest BCUT2D eigenvalue weighted by atomic mass is 19.1. The third kappa shape index (κ3) is 5.57. The molecule has 8 nitrogen and oxygen atoms in total. The lowest BCUT2D eigenvalue weighted by molar-refractivity contribution is -0.00177. The van der Waals surface area contributed by atoms with Gasteiger partial charge in [0, 0.05) is 12.2 Å². The minimum Gasteiger partial charge on any atom is -0.387 e. The Balaban J connectivity index is 1.66. The van der Waals surface area contributed by atoms with Crippen LogP contribution in [-0.2, 0) is 0 Å². The van der Waals surface area contributed by atoms with Crippen molar-refractivity contribution in [1.29, 1.82) is 5.26 Å². The van der Waals surface area contributed by atoms with Gasteiger partial charge in [0.05, 0.1) is 52.1 Å². The van der Waals surface area contributed by atoms with E-state index in [4.69, 9.17) is 5.26 Å².